The lowest BCUT2D eigenvalue weighted by Crippen LogP contribution is -2.44. The van der Waals surface area contributed by atoms with Gasteiger partial charge in [0.25, 0.3) is 6.48 Å². The Bertz CT molecular complexity index is 784. The van der Waals surface area contributed by atoms with E-state index in [9.17, 15) is 13.2 Å². The van der Waals surface area contributed by atoms with E-state index in [0.717, 1.165) is 5.56 Å². The summed E-state index contributed by atoms with van der Waals surface area (Å²) in [5, 5.41) is 0. The van der Waals surface area contributed by atoms with Crippen LogP contribution in [0, 0.1) is 11.6 Å². The standard InChI is InChI=1S/C22H25F3O3/c1-3-11-22(25)13-27-21(28-14-22)26-12-15-5-7-17(8-6-15)18-10-9-16(4-2)19(23)20(18)24/h5-10,21H,3-4,11-14H2,1-2H3. The van der Waals surface area contributed by atoms with Crippen molar-refractivity contribution in [3.63, 3.8) is 0 Å². The first-order valence-corrected chi connectivity index (χ1v) is 9.55. The first-order chi connectivity index (χ1) is 13.5. The highest BCUT2D eigenvalue weighted by atomic mass is 19.2. The predicted molar refractivity (Wildman–Crippen MR) is 100 cm³/mol. The van der Waals surface area contributed by atoms with Gasteiger partial charge in [0, 0.05) is 5.56 Å². The highest BCUT2D eigenvalue weighted by Crippen LogP contribution is 2.28. The third-order valence-corrected chi connectivity index (χ3v) is 4.85. The third kappa shape index (κ3) is 4.74. The summed E-state index contributed by atoms with van der Waals surface area (Å²) in [7, 11) is 0. The number of alkyl halides is 1. The molecule has 0 spiro atoms. The van der Waals surface area contributed by atoms with E-state index in [0.29, 0.717) is 30.4 Å². The van der Waals surface area contributed by atoms with E-state index < -0.39 is 23.8 Å². The van der Waals surface area contributed by atoms with Gasteiger partial charge in [-0.2, -0.15) is 0 Å². The van der Waals surface area contributed by atoms with E-state index in [1.54, 1.807) is 43.3 Å². The van der Waals surface area contributed by atoms with Crippen LogP contribution >= 0.6 is 0 Å². The summed E-state index contributed by atoms with van der Waals surface area (Å²) >= 11 is 0. The number of aryl methyl sites for hydroxylation is 1. The molecule has 2 aromatic carbocycles. The molecule has 28 heavy (non-hydrogen) atoms. The lowest BCUT2D eigenvalue weighted by molar-refractivity contribution is -0.342. The van der Waals surface area contributed by atoms with Crippen molar-refractivity contribution in [2.24, 2.45) is 0 Å². The van der Waals surface area contributed by atoms with E-state index in [1.165, 1.54) is 0 Å². The zero-order valence-electron chi connectivity index (χ0n) is 16.1. The average molecular weight is 394 g/mol. The highest BCUT2D eigenvalue weighted by molar-refractivity contribution is 5.65. The van der Waals surface area contributed by atoms with Gasteiger partial charge >= 0.3 is 0 Å². The molecule has 2 aromatic rings. The summed E-state index contributed by atoms with van der Waals surface area (Å²) in [4.78, 5) is 0. The zero-order chi connectivity index (χ0) is 20.1. The summed E-state index contributed by atoms with van der Waals surface area (Å²) in [6.45, 7) is 2.87. The van der Waals surface area contributed by atoms with E-state index in [1.807, 2.05) is 6.92 Å². The molecule has 152 valence electrons. The van der Waals surface area contributed by atoms with Crippen molar-refractivity contribution in [2.75, 3.05) is 13.2 Å². The molecule has 3 nitrogen and oxygen atoms in total. The summed E-state index contributed by atoms with van der Waals surface area (Å²) in [6.07, 6.45) is 1.54. The van der Waals surface area contributed by atoms with Crippen LogP contribution in [0.25, 0.3) is 11.1 Å². The van der Waals surface area contributed by atoms with Crippen molar-refractivity contribution in [1.29, 1.82) is 0 Å². The molecule has 1 saturated heterocycles. The van der Waals surface area contributed by atoms with Gasteiger partial charge in [-0.25, -0.2) is 13.2 Å². The summed E-state index contributed by atoms with van der Waals surface area (Å²) in [5.74, 6) is -1.64. The highest BCUT2D eigenvalue weighted by Gasteiger charge is 2.36. The van der Waals surface area contributed by atoms with Crippen LogP contribution in [-0.2, 0) is 27.2 Å². The molecule has 0 radical (unpaired) electrons. The number of hydrogen-bond donors (Lipinski definition) is 0. The molecule has 1 aliphatic rings. The normalized spacial score (nSPS) is 22.4. The quantitative estimate of drug-likeness (QED) is 0.616. The van der Waals surface area contributed by atoms with E-state index in [2.05, 4.69) is 0 Å². The molecule has 1 heterocycles. The molecule has 0 N–H and O–H groups in total. The van der Waals surface area contributed by atoms with Gasteiger partial charge in [-0.15, -0.1) is 0 Å². The van der Waals surface area contributed by atoms with Gasteiger partial charge < -0.3 is 14.2 Å². The van der Waals surface area contributed by atoms with Gasteiger partial charge in [-0.1, -0.05) is 56.7 Å². The van der Waals surface area contributed by atoms with Crippen molar-refractivity contribution < 1.29 is 27.4 Å². The van der Waals surface area contributed by atoms with Gasteiger partial charge in [0.1, 0.15) is 0 Å². The molecule has 0 bridgehead atoms. The smallest absolute Gasteiger partial charge is 0.272 e. The number of benzene rings is 2. The second kappa shape index (κ2) is 9.07. The molecule has 3 rings (SSSR count). The van der Waals surface area contributed by atoms with Crippen LogP contribution in [0.15, 0.2) is 36.4 Å². The Morgan fingerprint density at radius 2 is 1.68 bits per heavy atom. The first kappa shape index (κ1) is 20.8. The van der Waals surface area contributed by atoms with Crippen LogP contribution in [-0.4, -0.2) is 25.4 Å². The SMILES string of the molecule is CCCC1(F)COC(OCc2ccc(-c3ccc(CC)c(F)c3F)cc2)OC1. The molecular weight excluding hydrogens is 369 g/mol. The van der Waals surface area contributed by atoms with Crippen LogP contribution in [0.1, 0.15) is 37.8 Å². The van der Waals surface area contributed by atoms with Crippen molar-refractivity contribution in [3.8, 4) is 11.1 Å². The topological polar surface area (TPSA) is 27.7 Å². The number of ether oxygens (including phenoxy) is 3. The summed E-state index contributed by atoms with van der Waals surface area (Å²) < 4.78 is 58.7. The molecule has 6 heteroatoms. The molecule has 0 saturated carbocycles. The largest absolute Gasteiger partial charge is 0.326 e. The third-order valence-electron chi connectivity index (χ3n) is 4.85. The van der Waals surface area contributed by atoms with Crippen molar-refractivity contribution in [2.45, 2.75) is 51.9 Å². The molecule has 0 unspecified atom stereocenters. The number of rotatable bonds is 7. The molecule has 0 aromatic heterocycles. The summed E-state index contributed by atoms with van der Waals surface area (Å²) in [6, 6.07) is 10.1. The van der Waals surface area contributed by atoms with Crippen molar-refractivity contribution in [1.82, 2.24) is 0 Å². The lowest BCUT2D eigenvalue weighted by Gasteiger charge is -2.33. The molecule has 1 fully saturated rings. The van der Waals surface area contributed by atoms with Gasteiger partial charge in [0.2, 0.25) is 0 Å². The van der Waals surface area contributed by atoms with E-state index in [-0.39, 0.29) is 25.4 Å². The maximum Gasteiger partial charge on any atom is 0.272 e. The van der Waals surface area contributed by atoms with Crippen LogP contribution in [0.4, 0.5) is 13.2 Å². The average Bonchev–Trinajstić information content (AvgIpc) is 2.70. The van der Waals surface area contributed by atoms with E-state index in [4.69, 9.17) is 14.2 Å². The van der Waals surface area contributed by atoms with Gasteiger partial charge in [-0.05, 0) is 29.5 Å². The van der Waals surface area contributed by atoms with Crippen LogP contribution < -0.4 is 0 Å². The van der Waals surface area contributed by atoms with E-state index >= 15 is 0 Å². The van der Waals surface area contributed by atoms with Crippen LogP contribution in [0.3, 0.4) is 0 Å². The Kier molecular flexibility index (Phi) is 6.75. The maximum absolute atomic E-state index is 14.3. The molecule has 0 aliphatic carbocycles. The minimum atomic E-state index is -1.46. The van der Waals surface area contributed by atoms with Gasteiger partial charge in [-0.3, -0.25) is 0 Å². The number of hydrogen-bond acceptors (Lipinski definition) is 3. The second-order valence-electron chi connectivity index (χ2n) is 7.07. The van der Waals surface area contributed by atoms with Crippen molar-refractivity contribution >= 4 is 0 Å². The first-order valence-electron chi connectivity index (χ1n) is 9.55. The minimum Gasteiger partial charge on any atom is -0.326 e. The predicted octanol–water partition coefficient (Wildman–Crippen LogP) is 5.55. The zero-order valence-corrected chi connectivity index (χ0v) is 16.1. The Hall–Kier alpha value is -1.89. The monoisotopic (exact) mass is 394 g/mol. The van der Waals surface area contributed by atoms with Gasteiger partial charge in [0.05, 0.1) is 19.8 Å². The fourth-order valence-corrected chi connectivity index (χ4v) is 3.24. The minimum absolute atomic E-state index is 0.0525. The fraction of sp³-hybridized carbons (Fsp3) is 0.455. The fourth-order valence-electron chi connectivity index (χ4n) is 3.24. The lowest BCUT2D eigenvalue weighted by atomic mass is 10.0. The summed E-state index contributed by atoms with van der Waals surface area (Å²) in [5.41, 5.74) is 0.511. The van der Waals surface area contributed by atoms with Gasteiger partial charge in [0.15, 0.2) is 17.3 Å². The Labute approximate surface area is 163 Å². The molecular formula is C22H25F3O3. The molecule has 0 atom stereocenters. The van der Waals surface area contributed by atoms with Crippen LogP contribution in [0.2, 0.25) is 0 Å². The Morgan fingerprint density at radius 3 is 2.29 bits per heavy atom. The second-order valence-corrected chi connectivity index (χ2v) is 7.07. The number of halogens is 3. The van der Waals surface area contributed by atoms with Crippen molar-refractivity contribution in [3.05, 3.63) is 59.2 Å². The maximum atomic E-state index is 14.3. The van der Waals surface area contributed by atoms with Crippen LogP contribution in [0.5, 0.6) is 0 Å². The molecule has 0 amide bonds. The molecule has 1 aliphatic heterocycles. The Balaban J connectivity index is 1.58. The Morgan fingerprint density at radius 1 is 1.00 bits per heavy atom.